The summed E-state index contributed by atoms with van der Waals surface area (Å²) in [5, 5.41) is 15.4. The topological polar surface area (TPSA) is 81.1 Å². The number of amides is 1. The highest BCUT2D eigenvalue weighted by Crippen LogP contribution is 2.27. The van der Waals surface area contributed by atoms with Crippen LogP contribution < -0.4 is 15.4 Å². The average Bonchev–Trinajstić information content (AvgIpc) is 3.38. The van der Waals surface area contributed by atoms with Gasteiger partial charge in [0.05, 0.1) is 16.4 Å². The molecule has 0 spiro atoms. The Morgan fingerprint density at radius 2 is 1.68 bits per heavy atom. The third-order valence-electron chi connectivity index (χ3n) is 6.28. The number of aryl methyl sites for hydroxylation is 1. The molecule has 4 aromatic carbocycles. The van der Waals surface area contributed by atoms with E-state index >= 15 is 0 Å². The number of nitrogens with zero attached hydrogens (tertiary/aromatic N) is 3. The minimum Gasteiger partial charge on any atom is -0.489 e. The van der Waals surface area contributed by atoms with Crippen LogP contribution in [-0.4, -0.2) is 26.0 Å². The van der Waals surface area contributed by atoms with Gasteiger partial charge >= 0.3 is 0 Å². The summed E-state index contributed by atoms with van der Waals surface area (Å²) in [6, 6.07) is 28.5. The number of halogens is 1. The lowest BCUT2D eigenvalue weighted by atomic mass is 10.1. The fraction of sp³-hybridized carbons (Fsp3) is 0.161. The van der Waals surface area contributed by atoms with Crippen molar-refractivity contribution in [1.82, 2.24) is 20.3 Å². The van der Waals surface area contributed by atoms with E-state index in [9.17, 15) is 4.79 Å². The summed E-state index contributed by atoms with van der Waals surface area (Å²) in [5.41, 5.74) is 5.41. The predicted octanol–water partition coefficient (Wildman–Crippen LogP) is 7.12. The monoisotopic (exact) mass is 569 g/mol. The summed E-state index contributed by atoms with van der Waals surface area (Å²) < 4.78 is 5.83. The van der Waals surface area contributed by atoms with Crippen LogP contribution in [0.3, 0.4) is 0 Å². The number of hydrogen-bond acceptors (Lipinski definition) is 5. The smallest absolute Gasteiger partial charge is 0.257 e. The molecule has 2 N–H and O–H groups in total. The quantitative estimate of drug-likeness (QED) is 0.184. The number of carbonyl (C=O) groups excluding carboxylic acids is 1. The van der Waals surface area contributed by atoms with E-state index < -0.39 is 0 Å². The van der Waals surface area contributed by atoms with Gasteiger partial charge in [0.1, 0.15) is 23.4 Å². The van der Waals surface area contributed by atoms with Crippen molar-refractivity contribution in [3.63, 3.8) is 0 Å². The van der Waals surface area contributed by atoms with Gasteiger partial charge in [-0.2, -0.15) is 4.80 Å². The van der Waals surface area contributed by atoms with E-state index in [4.69, 9.17) is 28.6 Å². The number of aromatic nitrogens is 3. The second-order valence-corrected chi connectivity index (χ2v) is 10.1. The van der Waals surface area contributed by atoms with Gasteiger partial charge in [-0.3, -0.25) is 10.1 Å². The van der Waals surface area contributed by atoms with Crippen molar-refractivity contribution in [2.45, 2.75) is 32.8 Å². The molecule has 0 bridgehead atoms. The Morgan fingerprint density at radius 3 is 2.42 bits per heavy atom. The van der Waals surface area contributed by atoms with Crippen LogP contribution in [0.2, 0.25) is 5.02 Å². The third kappa shape index (κ3) is 6.83. The molecule has 0 aliphatic rings. The molecule has 1 aromatic heterocycles. The molecule has 202 valence electrons. The molecule has 0 aliphatic heterocycles. The van der Waals surface area contributed by atoms with Crippen LogP contribution in [0.4, 0.5) is 5.69 Å². The highest BCUT2D eigenvalue weighted by Gasteiger charge is 2.13. The van der Waals surface area contributed by atoms with Crippen molar-refractivity contribution >= 4 is 51.6 Å². The highest BCUT2D eigenvalue weighted by molar-refractivity contribution is 7.80. The molecular weight excluding hydrogens is 542 g/mol. The molecule has 0 radical (unpaired) electrons. The van der Waals surface area contributed by atoms with Crippen molar-refractivity contribution in [2.75, 3.05) is 5.32 Å². The van der Waals surface area contributed by atoms with Gasteiger partial charge in [0.15, 0.2) is 5.11 Å². The zero-order valence-corrected chi connectivity index (χ0v) is 23.5. The number of rotatable bonds is 9. The van der Waals surface area contributed by atoms with E-state index in [2.05, 4.69) is 39.9 Å². The average molecular weight is 570 g/mol. The first-order valence-corrected chi connectivity index (χ1v) is 13.8. The number of nitrogens with one attached hydrogen (secondary N) is 2. The van der Waals surface area contributed by atoms with E-state index in [1.807, 2.05) is 42.5 Å². The van der Waals surface area contributed by atoms with Crippen LogP contribution in [0, 0.1) is 0 Å². The lowest BCUT2D eigenvalue weighted by Gasteiger charge is -2.12. The van der Waals surface area contributed by atoms with Crippen molar-refractivity contribution in [1.29, 1.82) is 0 Å². The molecule has 5 rings (SSSR count). The second kappa shape index (κ2) is 12.7. The summed E-state index contributed by atoms with van der Waals surface area (Å²) in [7, 11) is 0. The molecule has 7 nitrogen and oxygen atoms in total. The highest BCUT2D eigenvalue weighted by atomic mass is 35.5. The number of anilines is 1. The molecule has 0 atom stereocenters. The number of carbonyl (C=O) groups is 1. The van der Waals surface area contributed by atoms with Gasteiger partial charge in [0.2, 0.25) is 0 Å². The van der Waals surface area contributed by atoms with Gasteiger partial charge in [-0.1, -0.05) is 73.5 Å². The lowest BCUT2D eigenvalue weighted by molar-refractivity contribution is 0.0977. The molecule has 0 fully saturated rings. The fourth-order valence-electron chi connectivity index (χ4n) is 4.12. The maximum atomic E-state index is 12.9. The minimum absolute atomic E-state index is 0.108. The molecule has 0 saturated carbocycles. The third-order valence-corrected chi connectivity index (χ3v) is 6.79. The Morgan fingerprint density at radius 1 is 0.925 bits per heavy atom. The zero-order chi connectivity index (χ0) is 27.9. The minimum atomic E-state index is -0.367. The first-order valence-electron chi connectivity index (χ1n) is 13.0. The number of thiocarbonyl (C=S) groups is 1. The van der Waals surface area contributed by atoms with Crippen molar-refractivity contribution in [2.24, 2.45) is 0 Å². The molecule has 0 saturated heterocycles. The summed E-state index contributed by atoms with van der Waals surface area (Å²) >= 11 is 11.9. The van der Waals surface area contributed by atoms with Gasteiger partial charge in [0.25, 0.3) is 5.91 Å². The SMILES string of the molecule is CCCCc1ccc(-n2nc3cc(Cl)c(NC(=S)NC(=O)c4cccc(OCc5ccccc5)c4)cc3n2)cc1. The Balaban J connectivity index is 1.23. The largest absolute Gasteiger partial charge is 0.489 e. The molecule has 5 aromatic rings. The number of ether oxygens (including phenoxy) is 1. The van der Waals surface area contributed by atoms with Crippen molar-refractivity contribution in [3.05, 3.63) is 113 Å². The Hall–Kier alpha value is -4.27. The van der Waals surface area contributed by atoms with Gasteiger partial charge in [-0.25, -0.2) is 0 Å². The number of hydrogen-bond donors (Lipinski definition) is 2. The predicted molar refractivity (Wildman–Crippen MR) is 163 cm³/mol. The molecule has 1 heterocycles. The van der Waals surface area contributed by atoms with Crippen molar-refractivity contribution < 1.29 is 9.53 Å². The molecule has 9 heteroatoms. The number of fused-ring (bicyclic) bond motifs is 1. The summed E-state index contributed by atoms with van der Waals surface area (Å²) in [6.07, 6.45) is 3.38. The van der Waals surface area contributed by atoms with Gasteiger partial charge in [-0.15, -0.1) is 10.2 Å². The molecule has 0 aliphatic carbocycles. The van der Waals surface area contributed by atoms with E-state index in [1.165, 1.54) is 5.56 Å². The maximum Gasteiger partial charge on any atom is 0.257 e. The molecule has 1 amide bonds. The van der Waals surface area contributed by atoms with Crippen LogP contribution >= 0.6 is 23.8 Å². The Bertz CT molecular complexity index is 1640. The van der Waals surface area contributed by atoms with Crippen LogP contribution in [-0.2, 0) is 13.0 Å². The number of benzene rings is 4. The van der Waals surface area contributed by atoms with Crippen LogP contribution in [0.15, 0.2) is 91.0 Å². The molecule has 40 heavy (non-hydrogen) atoms. The van der Waals surface area contributed by atoms with Gasteiger partial charge in [-0.05, 0) is 78.7 Å². The zero-order valence-electron chi connectivity index (χ0n) is 21.9. The normalized spacial score (nSPS) is 10.8. The van der Waals surface area contributed by atoms with Gasteiger partial charge < -0.3 is 10.1 Å². The summed E-state index contributed by atoms with van der Waals surface area (Å²) in [4.78, 5) is 14.4. The standard InChI is InChI=1S/C31H28ClN5O2S/c1-2-3-8-21-13-15-24(16-14-21)37-35-28-18-26(32)27(19-29(28)36-37)33-31(40)34-30(38)23-11-7-12-25(17-23)39-20-22-9-5-4-6-10-22/h4-7,9-19H,2-3,8,20H2,1H3,(H2,33,34,38,40). The molecule has 0 unspecified atom stereocenters. The van der Waals surface area contributed by atoms with Crippen LogP contribution in [0.1, 0.15) is 41.3 Å². The van der Waals surface area contributed by atoms with E-state index in [0.717, 1.165) is 30.5 Å². The first-order chi connectivity index (χ1) is 19.5. The Kier molecular flexibility index (Phi) is 8.68. The fourth-order valence-corrected chi connectivity index (χ4v) is 4.53. The van der Waals surface area contributed by atoms with E-state index in [-0.39, 0.29) is 11.0 Å². The van der Waals surface area contributed by atoms with E-state index in [0.29, 0.717) is 39.7 Å². The first kappa shape index (κ1) is 27.3. The van der Waals surface area contributed by atoms with E-state index in [1.54, 1.807) is 41.2 Å². The van der Waals surface area contributed by atoms with Crippen LogP contribution in [0.5, 0.6) is 5.75 Å². The summed E-state index contributed by atoms with van der Waals surface area (Å²) in [5.74, 6) is 0.218. The Labute approximate surface area is 243 Å². The van der Waals surface area contributed by atoms with Crippen LogP contribution in [0.25, 0.3) is 16.7 Å². The second-order valence-electron chi connectivity index (χ2n) is 9.29. The number of unbranched alkanes of at least 4 members (excludes halogenated alkanes) is 1. The lowest BCUT2D eigenvalue weighted by Crippen LogP contribution is -2.34. The maximum absolute atomic E-state index is 12.9. The van der Waals surface area contributed by atoms with Crippen molar-refractivity contribution in [3.8, 4) is 11.4 Å². The molecular formula is C31H28ClN5O2S. The summed E-state index contributed by atoms with van der Waals surface area (Å²) in [6.45, 7) is 2.59. The van der Waals surface area contributed by atoms with Gasteiger partial charge in [0, 0.05) is 5.56 Å².